The zero-order chi connectivity index (χ0) is 21.6. The third-order valence-corrected chi connectivity index (χ3v) is 5.48. The highest BCUT2D eigenvalue weighted by Gasteiger charge is 2.17. The highest BCUT2D eigenvalue weighted by atomic mass is 32.2. The molecule has 0 aliphatic rings. The number of nitrogens with zero attached hydrogens (tertiary/aromatic N) is 1. The Balaban J connectivity index is 1.60. The predicted molar refractivity (Wildman–Crippen MR) is 113 cm³/mol. The molecule has 156 valence electrons. The van der Waals surface area contributed by atoms with Crippen LogP contribution in [0.25, 0.3) is 0 Å². The van der Waals surface area contributed by atoms with Crippen LogP contribution in [0.1, 0.15) is 6.92 Å². The fraction of sp³-hybridized carbons (Fsp3) is 0.143. The molecule has 1 aromatic heterocycles. The van der Waals surface area contributed by atoms with Gasteiger partial charge in [0.25, 0.3) is 15.9 Å². The van der Waals surface area contributed by atoms with Gasteiger partial charge in [0.1, 0.15) is 11.5 Å². The van der Waals surface area contributed by atoms with Gasteiger partial charge in [0, 0.05) is 11.9 Å². The number of benzene rings is 2. The molecular weight excluding hydrogens is 406 g/mol. The summed E-state index contributed by atoms with van der Waals surface area (Å²) in [6.07, 6.45) is 2.21. The average Bonchev–Trinajstić information content (AvgIpc) is 2.75. The van der Waals surface area contributed by atoms with Crippen molar-refractivity contribution in [3.8, 4) is 11.5 Å². The molecule has 0 fully saturated rings. The smallest absolute Gasteiger partial charge is 0.265 e. The van der Waals surface area contributed by atoms with Crippen molar-refractivity contribution in [3.05, 3.63) is 73.1 Å². The third kappa shape index (κ3) is 5.48. The summed E-state index contributed by atoms with van der Waals surface area (Å²) in [5, 5.41) is 2.70. The SMILES string of the molecule is COc1ccc(OC(C)C(=O)Nc2ccc(S(=O)(=O)Nc3cccnc3)cc2)cc1. The molecule has 1 unspecified atom stereocenters. The number of ether oxygens (including phenoxy) is 2. The number of anilines is 2. The summed E-state index contributed by atoms with van der Waals surface area (Å²) in [4.78, 5) is 16.3. The van der Waals surface area contributed by atoms with E-state index in [4.69, 9.17) is 9.47 Å². The van der Waals surface area contributed by atoms with Gasteiger partial charge in [0.2, 0.25) is 0 Å². The fourth-order valence-corrected chi connectivity index (χ4v) is 3.55. The number of carbonyl (C=O) groups is 1. The van der Waals surface area contributed by atoms with E-state index in [2.05, 4.69) is 15.0 Å². The standard InChI is InChI=1S/C21H21N3O5S/c1-15(29-19-9-7-18(28-2)8-10-19)21(25)23-16-5-11-20(12-6-16)30(26,27)24-17-4-3-13-22-14-17/h3-15,24H,1-2H3,(H,23,25). The highest BCUT2D eigenvalue weighted by Crippen LogP contribution is 2.20. The van der Waals surface area contributed by atoms with Crippen molar-refractivity contribution in [2.75, 3.05) is 17.1 Å². The molecule has 0 spiro atoms. The van der Waals surface area contributed by atoms with Gasteiger partial charge in [-0.1, -0.05) is 0 Å². The summed E-state index contributed by atoms with van der Waals surface area (Å²) in [5.41, 5.74) is 0.810. The van der Waals surface area contributed by atoms with E-state index in [0.717, 1.165) is 0 Å². The molecule has 3 aromatic rings. The number of hydrogen-bond donors (Lipinski definition) is 2. The van der Waals surface area contributed by atoms with Crippen molar-refractivity contribution in [2.24, 2.45) is 0 Å². The van der Waals surface area contributed by atoms with Crippen molar-refractivity contribution in [2.45, 2.75) is 17.9 Å². The Kier molecular flexibility index (Phi) is 6.53. The third-order valence-electron chi connectivity index (χ3n) is 4.09. The lowest BCUT2D eigenvalue weighted by molar-refractivity contribution is -0.122. The maximum Gasteiger partial charge on any atom is 0.265 e. The number of hydrogen-bond acceptors (Lipinski definition) is 6. The number of amides is 1. The monoisotopic (exact) mass is 427 g/mol. The minimum absolute atomic E-state index is 0.0619. The zero-order valence-corrected chi connectivity index (χ0v) is 17.2. The minimum atomic E-state index is -3.76. The van der Waals surface area contributed by atoms with E-state index in [-0.39, 0.29) is 10.8 Å². The Morgan fingerprint density at radius 3 is 2.23 bits per heavy atom. The molecule has 0 aliphatic carbocycles. The molecule has 8 nitrogen and oxygen atoms in total. The molecule has 1 amide bonds. The van der Waals surface area contributed by atoms with Gasteiger partial charge in [0.05, 0.1) is 23.9 Å². The molecule has 1 atom stereocenters. The van der Waals surface area contributed by atoms with E-state index in [9.17, 15) is 13.2 Å². The highest BCUT2D eigenvalue weighted by molar-refractivity contribution is 7.92. The van der Waals surface area contributed by atoms with Crippen LogP contribution in [0.5, 0.6) is 11.5 Å². The van der Waals surface area contributed by atoms with Crippen LogP contribution < -0.4 is 19.5 Å². The van der Waals surface area contributed by atoms with Gasteiger partial charge < -0.3 is 14.8 Å². The van der Waals surface area contributed by atoms with Gasteiger partial charge in [-0.15, -0.1) is 0 Å². The van der Waals surface area contributed by atoms with Gasteiger partial charge in [-0.05, 0) is 67.6 Å². The number of nitrogens with one attached hydrogen (secondary N) is 2. The Morgan fingerprint density at radius 2 is 1.63 bits per heavy atom. The Hall–Kier alpha value is -3.59. The largest absolute Gasteiger partial charge is 0.497 e. The molecule has 0 saturated carbocycles. The molecule has 0 bridgehead atoms. The van der Waals surface area contributed by atoms with Gasteiger partial charge in [0.15, 0.2) is 6.10 Å². The van der Waals surface area contributed by atoms with E-state index >= 15 is 0 Å². The van der Waals surface area contributed by atoms with Crippen molar-refractivity contribution in [3.63, 3.8) is 0 Å². The lowest BCUT2D eigenvalue weighted by Gasteiger charge is -2.15. The summed E-state index contributed by atoms with van der Waals surface area (Å²) in [7, 11) is -2.19. The van der Waals surface area contributed by atoms with Gasteiger partial charge in [-0.3, -0.25) is 14.5 Å². The zero-order valence-electron chi connectivity index (χ0n) is 16.4. The molecule has 0 aliphatic heterocycles. The topological polar surface area (TPSA) is 107 Å². The number of methoxy groups -OCH3 is 1. The average molecular weight is 427 g/mol. The summed E-state index contributed by atoms with van der Waals surface area (Å²) in [5.74, 6) is 0.851. The first-order valence-corrected chi connectivity index (χ1v) is 10.5. The number of carbonyl (C=O) groups excluding carboxylic acids is 1. The summed E-state index contributed by atoms with van der Waals surface area (Å²) in [6, 6.07) is 15.9. The van der Waals surface area contributed by atoms with Crippen LogP contribution in [-0.2, 0) is 14.8 Å². The van der Waals surface area contributed by atoms with E-state index in [1.807, 2.05) is 0 Å². The van der Waals surface area contributed by atoms with E-state index in [1.54, 1.807) is 56.6 Å². The lowest BCUT2D eigenvalue weighted by Crippen LogP contribution is -2.30. The molecule has 0 radical (unpaired) electrons. The van der Waals surface area contributed by atoms with Crippen molar-refractivity contribution in [1.29, 1.82) is 0 Å². The maximum atomic E-state index is 12.4. The first-order chi connectivity index (χ1) is 14.4. The number of sulfonamides is 1. The van der Waals surface area contributed by atoms with Crippen LogP contribution in [0.4, 0.5) is 11.4 Å². The van der Waals surface area contributed by atoms with Crippen LogP contribution in [0.3, 0.4) is 0 Å². The predicted octanol–water partition coefficient (Wildman–Crippen LogP) is 3.30. The van der Waals surface area contributed by atoms with E-state index in [1.165, 1.54) is 30.5 Å². The van der Waals surface area contributed by atoms with Crippen LogP contribution in [0.15, 0.2) is 78.0 Å². The molecule has 2 aromatic carbocycles. The van der Waals surface area contributed by atoms with Crippen LogP contribution in [-0.4, -0.2) is 32.5 Å². The molecule has 1 heterocycles. The minimum Gasteiger partial charge on any atom is -0.497 e. The summed E-state index contributed by atoms with van der Waals surface area (Å²) in [6.45, 7) is 1.62. The van der Waals surface area contributed by atoms with Crippen LogP contribution >= 0.6 is 0 Å². The molecule has 30 heavy (non-hydrogen) atoms. The number of rotatable bonds is 8. The van der Waals surface area contributed by atoms with Crippen molar-refractivity contribution < 1.29 is 22.7 Å². The lowest BCUT2D eigenvalue weighted by atomic mass is 10.3. The normalized spacial score (nSPS) is 11.9. The molecule has 3 rings (SSSR count). The Morgan fingerprint density at radius 1 is 0.967 bits per heavy atom. The van der Waals surface area contributed by atoms with Crippen molar-refractivity contribution in [1.82, 2.24) is 4.98 Å². The van der Waals surface area contributed by atoms with Crippen molar-refractivity contribution >= 4 is 27.3 Å². The van der Waals surface area contributed by atoms with E-state index in [0.29, 0.717) is 22.9 Å². The second-order valence-corrected chi connectivity index (χ2v) is 7.98. The van der Waals surface area contributed by atoms with Gasteiger partial charge in [-0.2, -0.15) is 0 Å². The molecule has 0 saturated heterocycles. The first-order valence-electron chi connectivity index (χ1n) is 9.02. The molecule has 9 heteroatoms. The Bertz CT molecular complexity index is 1090. The maximum absolute atomic E-state index is 12.4. The van der Waals surface area contributed by atoms with Crippen LogP contribution in [0.2, 0.25) is 0 Å². The number of pyridine rings is 1. The van der Waals surface area contributed by atoms with E-state index < -0.39 is 16.1 Å². The fourth-order valence-electron chi connectivity index (χ4n) is 2.51. The Labute approximate surface area is 174 Å². The quantitative estimate of drug-likeness (QED) is 0.571. The molecule has 2 N–H and O–H groups in total. The first kappa shape index (κ1) is 21.1. The summed E-state index contributed by atoms with van der Waals surface area (Å²) >= 11 is 0. The van der Waals surface area contributed by atoms with Gasteiger partial charge >= 0.3 is 0 Å². The van der Waals surface area contributed by atoms with Crippen LogP contribution in [0, 0.1) is 0 Å². The molecular formula is C21H21N3O5S. The number of aromatic nitrogens is 1. The second kappa shape index (κ2) is 9.27. The van der Waals surface area contributed by atoms with Gasteiger partial charge in [-0.25, -0.2) is 8.42 Å². The second-order valence-electron chi connectivity index (χ2n) is 6.30. The summed E-state index contributed by atoms with van der Waals surface area (Å²) < 4.78 is 38.0.